The Bertz CT molecular complexity index is 3970. The zero-order valence-corrected chi connectivity index (χ0v) is 50.9. The monoisotopic (exact) mass is 1070 g/mol. The molecule has 11 rings (SSSR count). The molecule has 0 unspecified atom stereocenters. The van der Waals surface area contributed by atoms with E-state index in [1.807, 2.05) is 6.20 Å². The molecule has 0 bridgehead atoms. The summed E-state index contributed by atoms with van der Waals surface area (Å²) in [7, 11) is 0. The molecule has 2 aromatic heterocycles. The fourth-order valence-electron chi connectivity index (χ4n) is 12.2. The van der Waals surface area contributed by atoms with E-state index in [4.69, 9.17) is 9.72 Å². The van der Waals surface area contributed by atoms with Crippen molar-refractivity contribution < 1.29 is 4.74 Å². The summed E-state index contributed by atoms with van der Waals surface area (Å²) in [6, 6.07) is 69.7. The molecule has 1 aliphatic rings. The van der Waals surface area contributed by atoms with Crippen LogP contribution in [0.4, 0.5) is 22.7 Å². The van der Waals surface area contributed by atoms with Gasteiger partial charge in [-0.2, -0.15) is 0 Å². The number of para-hydroxylation sites is 1. The topological polar surface area (TPSA) is 33.5 Å². The summed E-state index contributed by atoms with van der Waals surface area (Å²) >= 11 is 0. The van der Waals surface area contributed by atoms with E-state index in [9.17, 15) is 0 Å². The van der Waals surface area contributed by atoms with Gasteiger partial charge in [0.05, 0.1) is 22.4 Å². The Morgan fingerprint density at radius 3 is 1.41 bits per heavy atom. The van der Waals surface area contributed by atoms with Crippen molar-refractivity contribution in [2.45, 2.75) is 143 Å². The average Bonchev–Trinajstić information content (AvgIpc) is 4.07. The predicted octanol–water partition coefficient (Wildman–Crippen LogP) is 20.7. The van der Waals surface area contributed by atoms with Gasteiger partial charge in [0.1, 0.15) is 24.0 Å². The number of rotatable bonds is 10. The lowest BCUT2D eigenvalue weighted by atomic mass is 9.74. The van der Waals surface area contributed by atoms with Gasteiger partial charge in [-0.25, -0.2) is 4.98 Å². The molecule has 0 atom stereocenters. The predicted molar refractivity (Wildman–Crippen MR) is 344 cm³/mol. The molecule has 5 heteroatoms. The van der Waals surface area contributed by atoms with Gasteiger partial charge in [0.15, 0.2) is 0 Å². The van der Waals surface area contributed by atoms with Crippen molar-refractivity contribution in [3.8, 4) is 28.4 Å². The van der Waals surface area contributed by atoms with Crippen LogP contribution in [0.2, 0.25) is 0 Å². The minimum atomic E-state index is -0.386. The number of pyridine rings is 1. The Morgan fingerprint density at radius 2 is 0.864 bits per heavy atom. The normalized spacial score (nSPS) is 13.6. The van der Waals surface area contributed by atoms with E-state index in [1.165, 1.54) is 72.2 Å². The molecule has 0 amide bonds. The highest BCUT2D eigenvalue weighted by Gasteiger charge is 2.37. The Balaban J connectivity index is 1.14. The van der Waals surface area contributed by atoms with Crippen LogP contribution in [0.15, 0.2) is 194 Å². The fraction of sp³-hybridized carbons (Fsp3) is 0.303. The number of aromatic nitrogens is 2. The SMILES string of the molecule is CC(C)(C)c1ccnc(-n2c3ccccc3c3c(C(C)(C)C)cc(Oc4cc(N5CN(c6cc(-c7ccccc7)cc(C(C)(C)c7ccccc7)c6)c6cc(C(C)(C)C)c(C(C)(C)C)cc65)cc(C(C)(C)c5ccccc5)c4)cc32)c1. The van der Waals surface area contributed by atoms with Crippen molar-refractivity contribution in [2.24, 2.45) is 0 Å². The number of hydrogen-bond acceptors (Lipinski definition) is 4. The third-order valence-corrected chi connectivity index (χ3v) is 17.2. The highest BCUT2D eigenvalue weighted by atomic mass is 16.5. The molecule has 0 saturated carbocycles. The maximum Gasteiger partial charge on any atom is 0.137 e. The number of ether oxygens (including phenoxy) is 1. The van der Waals surface area contributed by atoms with E-state index >= 15 is 0 Å². The van der Waals surface area contributed by atoms with Crippen molar-refractivity contribution >= 4 is 44.6 Å². The van der Waals surface area contributed by atoms with Crippen LogP contribution < -0.4 is 14.5 Å². The van der Waals surface area contributed by atoms with Crippen LogP contribution in [0.1, 0.15) is 155 Å². The summed E-state index contributed by atoms with van der Waals surface area (Å²) in [6.07, 6.45) is 1.96. The maximum absolute atomic E-state index is 7.49. The summed E-state index contributed by atoms with van der Waals surface area (Å²) in [6.45, 7) is 37.9. The third kappa shape index (κ3) is 10.3. The lowest BCUT2D eigenvalue weighted by Crippen LogP contribution is -2.26. The molecule has 0 spiro atoms. The molecule has 412 valence electrons. The summed E-state index contributed by atoms with van der Waals surface area (Å²) in [5, 5.41) is 2.42. The van der Waals surface area contributed by atoms with Crippen LogP contribution in [0, 0.1) is 0 Å². The Hall–Kier alpha value is -7.89. The van der Waals surface area contributed by atoms with E-state index in [0.29, 0.717) is 6.67 Å². The molecule has 0 fully saturated rings. The molecular formula is C76H82N4O. The van der Waals surface area contributed by atoms with E-state index in [-0.39, 0.29) is 32.5 Å². The van der Waals surface area contributed by atoms with Gasteiger partial charge < -0.3 is 14.5 Å². The summed E-state index contributed by atoms with van der Waals surface area (Å²) in [5.41, 5.74) is 18.1. The summed E-state index contributed by atoms with van der Waals surface area (Å²) < 4.78 is 9.83. The van der Waals surface area contributed by atoms with Crippen LogP contribution in [0.25, 0.3) is 38.8 Å². The molecule has 8 aromatic carbocycles. The zero-order chi connectivity index (χ0) is 57.6. The molecule has 1 aliphatic heterocycles. The highest BCUT2D eigenvalue weighted by Crippen LogP contribution is 2.52. The fourth-order valence-corrected chi connectivity index (χ4v) is 12.2. The number of nitrogens with zero attached hydrogens (tertiary/aromatic N) is 4. The van der Waals surface area contributed by atoms with Crippen molar-refractivity contribution in [1.29, 1.82) is 0 Å². The molecule has 0 saturated heterocycles. The van der Waals surface area contributed by atoms with E-state index in [1.54, 1.807) is 0 Å². The number of anilines is 4. The second-order valence-electron chi connectivity index (χ2n) is 27.9. The zero-order valence-electron chi connectivity index (χ0n) is 50.9. The van der Waals surface area contributed by atoms with Crippen molar-refractivity contribution in [3.63, 3.8) is 0 Å². The van der Waals surface area contributed by atoms with Gasteiger partial charge >= 0.3 is 0 Å². The molecule has 0 N–H and O–H groups in total. The second-order valence-corrected chi connectivity index (χ2v) is 27.9. The molecule has 0 aliphatic carbocycles. The Morgan fingerprint density at radius 1 is 0.370 bits per heavy atom. The summed E-state index contributed by atoms with van der Waals surface area (Å²) in [5.74, 6) is 2.45. The Kier molecular flexibility index (Phi) is 13.6. The third-order valence-electron chi connectivity index (χ3n) is 17.2. The first kappa shape index (κ1) is 55.0. The minimum Gasteiger partial charge on any atom is -0.457 e. The van der Waals surface area contributed by atoms with E-state index in [2.05, 4.69) is 313 Å². The second kappa shape index (κ2) is 20.0. The quantitative estimate of drug-likeness (QED) is 0.137. The first-order chi connectivity index (χ1) is 38.2. The van der Waals surface area contributed by atoms with Crippen molar-refractivity contribution in [2.75, 3.05) is 16.5 Å². The first-order valence-corrected chi connectivity index (χ1v) is 29.1. The van der Waals surface area contributed by atoms with Gasteiger partial charge in [-0.3, -0.25) is 4.57 Å². The van der Waals surface area contributed by atoms with Gasteiger partial charge in [-0.05, 0) is 138 Å². The molecule has 0 radical (unpaired) electrons. The van der Waals surface area contributed by atoms with Crippen LogP contribution in [-0.2, 0) is 32.5 Å². The average molecular weight is 1070 g/mol. The van der Waals surface area contributed by atoms with Gasteiger partial charge in [-0.15, -0.1) is 0 Å². The number of hydrogen-bond donors (Lipinski definition) is 0. The van der Waals surface area contributed by atoms with Gasteiger partial charge in [-0.1, -0.05) is 226 Å². The van der Waals surface area contributed by atoms with Gasteiger partial charge in [0.25, 0.3) is 0 Å². The number of fused-ring (bicyclic) bond motifs is 4. The first-order valence-electron chi connectivity index (χ1n) is 29.1. The van der Waals surface area contributed by atoms with Gasteiger partial charge in [0, 0.05) is 51.3 Å². The Labute approximate surface area is 483 Å². The minimum absolute atomic E-state index is 0.0535. The maximum atomic E-state index is 7.49. The van der Waals surface area contributed by atoms with Gasteiger partial charge in [0.2, 0.25) is 0 Å². The van der Waals surface area contributed by atoms with Crippen LogP contribution in [0.3, 0.4) is 0 Å². The highest BCUT2D eigenvalue weighted by molar-refractivity contribution is 6.11. The molecule has 5 nitrogen and oxygen atoms in total. The van der Waals surface area contributed by atoms with Crippen molar-refractivity contribution in [1.82, 2.24) is 9.55 Å². The van der Waals surface area contributed by atoms with E-state index < -0.39 is 0 Å². The summed E-state index contributed by atoms with van der Waals surface area (Å²) in [4.78, 5) is 10.2. The lowest BCUT2D eigenvalue weighted by molar-refractivity contribution is 0.477. The molecule has 81 heavy (non-hydrogen) atoms. The van der Waals surface area contributed by atoms with Crippen LogP contribution >= 0.6 is 0 Å². The van der Waals surface area contributed by atoms with Crippen LogP contribution in [-0.4, -0.2) is 16.2 Å². The lowest BCUT2D eigenvalue weighted by Gasteiger charge is -2.32. The smallest absolute Gasteiger partial charge is 0.137 e. The van der Waals surface area contributed by atoms with Crippen molar-refractivity contribution in [3.05, 3.63) is 239 Å². The molecule has 3 heterocycles. The molecule has 10 aromatic rings. The van der Waals surface area contributed by atoms with Crippen LogP contribution in [0.5, 0.6) is 11.5 Å². The largest absolute Gasteiger partial charge is 0.457 e. The number of benzene rings is 8. The standard InChI is InChI=1S/C76H82N4O/c1-71(2,3)54-36-37-77-69(43-54)80-65-35-27-26-34-61(65)70-64(74(10,11)12)45-60(46-68(70)80)81-59-42-56(76(15,16)53-32-24-19-25-33-53)41-58(44-59)79-49-78(66-47-62(72(4,5)6)63(48-67(66)79)73(7,8)9)57-39-51(50-28-20-17-21-29-50)38-55(40-57)75(13,14)52-30-22-18-23-31-52/h17-48H,49H2,1-16H3. The molecular weight excluding hydrogens is 985 g/mol. The van der Waals surface area contributed by atoms with E-state index in [0.717, 1.165) is 45.3 Å².